The number of nitrogens with zero attached hydrogens (tertiary/aromatic N) is 1. The molecule has 0 unspecified atom stereocenters. The van der Waals surface area contributed by atoms with Gasteiger partial charge in [0.1, 0.15) is 11.3 Å². The summed E-state index contributed by atoms with van der Waals surface area (Å²) >= 11 is 0. The number of fused-ring (bicyclic) bond motifs is 2. The molecule has 0 spiro atoms. The van der Waals surface area contributed by atoms with Crippen LogP contribution in [0.15, 0.2) is 45.6 Å². The van der Waals surface area contributed by atoms with E-state index in [4.69, 9.17) is 9.15 Å². The Hall–Kier alpha value is -3.61. The van der Waals surface area contributed by atoms with Gasteiger partial charge in [0, 0.05) is 5.56 Å². The molecule has 0 aliphatic carbocycles. The van der Waals surface area contributed by atoms with Crippen molar-refractivity contribution in [2.24, 2.45) is 0 Å². The minimum Gasteiger partial charge on any atom is -0.483 e. The first-order valence-corrected chi connectivity index (χ1v) is 8.84. The largest absolute Gasteiger partial charge is 0.483 e. The van der Waals surface area contributed by atoms with Gasteiger partial charge in [0.25, 0.3) is 5.91 Å². The standard InChI is InChI=1S/C21H19N3O4/c1-11-8-16(19-12(2)13(3)20(26)28-17(19)9-11)27-10-18(25)24-21-22-14-6-4-5-7-15(14)23-21/h4-9H,10H2,1-3H3,(H2,22,23,24,25). The zero-order chi connectivity index (χ0) is 19.8. The highest BCUT2D eigenvalue weighted by molar-refractivity contribution is 5.93. The van der Waals surface area contributed by atoms with Crippen LogP contribution in [0, 0.1) is 20.8 Å². The van der Waals surface area contributed by atoms with Crippen LogP contribution in [0.25, 0.3) is 22.0 Å². The van der Waals surface area contributed by atoms with Gasteiger partial charge in [-0.2, -0.15) is 0 Å². The Morgan fingerprint density at radius 2 is 1.96 bits per heavy atom. The third-order valence-corrected chi connectivity index (χ3v) is 4.66. The lowest BCUT2D eigenvalue weighted by Crippen LogP contribution is -2.21. The maximum atomic E-state index is 12.3. The molecule has 4 rings (SSSR count). The first kappa shape index (κ1) is 17.8. The molecule has 142 valence electrons. The maximum absolute atomic E-state index is 12.3. The van der Waals surface area contributed by atoms with E-state index in [9.17, 15) is 9.59 Å². The van der Waals surface area contributed by atoms with Gasteiger partial charge in [-0.25, -0.2) is 9.78 Å². The molecule has 0 aliphatic rings. The van der Waals surface area contributed by atoms with Gasteiger partial charge < -0.3 is 14.1 Å². The molecule has 4 aromatic rings. The summed E-state index contributed by atoms with van der Waals surface area (Å²) in [5.41, 5.74) is 3.84. The smallest absolute Gasteiger partial charge is 0.339 e. The molecular weight excluding hydrogens is 358 g/mol. The molecule has 0 atom stereocenters. The third kappa shape index (κ3) is 3.22. The Morgan fingerprint density at radius 3 is 2.75 bits per heavy atom. The summed E-state index contributed by atoms with van der Waals surface area (Å²) < 4.78 is 11.1. The monoisotopic (exact) mass is 377 g/mol. The first-order chi connectivity index (χ1) is 13.4. The fourth-order valence-electron chi connectivity index (χ4n) is 3.13. The van der Waals surface area contributed by atoms with Gasteiger partial charge in [0.05, 0.1) is 16.4 Å². The third-order valence-electron chi connectivity index (χ3n) is 4.66. The molecular formula is C21H19N3O4. The SMILES string of the molecule is Cc1cc(OCC(=O)Nc2nc3ccccc3[nH]2)c2c(C)c(C)c(=O)oc2c1. The zero-order valence-corrected chi connectivity index (χ0v) is 15.8. The lowest BCUT2D eigenvalue weighted by atomic mass is 10.0. The Bertz CT molecular complexity index is 1240. The van der Waals surface area contributed by atoms with Crippen molar-refractivity contribution >= 4 is 33.9 Å². The highest BCUT2D eigenvalue weighted by Crippen LogP contribution is 2.30. The molecule has 7 nitrogen and oxygen atoms in total. The minimum atomic E-state index is -0.371. The van der Waals surface area contributed by atoms with E-state index < -0.39 is 0 Å². The predicted octanol–water partition coefficient (Wildman–Crippen LogP) is 3.61. The number of benzene rings is 2. The molecule has 0 saturated heterocycles. The summed E-state index contributed by atoms with van der Waals surface area (Å²) in [6.07, 6.45) is 0. The number of aromatic nitrogens is 2. The van der Waals surface area contributed by atoms with E-state index in [0.717, 1.165) is 22.2 Å². The number of rotatable bonds is 4. The van der Waals surface area contributed by atoms with Crippen LogP contribution in [0.4, 0.5) is 5.95 Å². The van der Waals surface area contributed by atoms with Crippen LogP contribution in [-0.2, 0) is 4.79 Å². The fraction of sp³-hybridized carbons (Fsp3) is 0.190. The van der Waals surface area contributed by atoms with Crippen LogP contribution < -0.4 is 15.7 Å². The lowest BCUT2D eigenvalue weighted by molar-refractivity contribution is -0.118. The molecule has 28 heavy (non-hydrogen) atoms. The molecule has 2 N–H and O–H groups in total. The summed E-state index contributed by atoms with van der Waals surface area (Å²) in [5, 5.41) is 3.39. The van der Waals surface area contributed by atoms with E-state index in [2.05, 4.69) is 15.3 Å². The molecule has 0 radical (unpaired) electrons. The average molecular weight is 377 g/mol. The van der Waals surface area contributed by atoms with Gasteiger partial charge in [-0.15, -0.1) is 0 Å². The van der Waals surface area contributed by atoms with Gasteiger partial charge in [-0.3, -0.25) is 10.1 Å². The van der Waals surface area contributed by atoms with Crippen molar-refractivity contribution in [2.45, 2.75) is 20.8 Å². The van der Waals surface area contributed by atoms with E-state index in [0.29, 0.717) is 28.2 Å². The number of carbonyl (C=O) groups is 1. The summed E-state index contributed by atoms with van der Waals surface area (Å²) in [4.78, 5) is 31.6. The van der Waals surface area contributed by atoms with Gasteiger partial charge in [0.15, 0.2) is 6.61 Å². The van der Waals surface area contributed by atoms with Gasteiger partial charge in [-0.1, -0.05) is 12.1 Å². The minimum absolute atomic E-state index is 0.201. The highest BCUT2D eigenvalue weighted by Gasteiger charge is 2.15. The zero-order valence-electron chi connectivity index (χ0n) is 15.8. The van der Waals surface area contributed by atoms with Crippen LogP contribution in [0.1, 0.15) is 16.7 Å². The van der Waals surface area contributed by atoms with E-state index >= 15 is 0 Å². The summed E-state index contributed by atoms with van der Waals surface area (Å²) in [6.45, 7) is 5.22. The second kappa shape index (κ2) is 6.84. The van der Waals surface area contributed by atoms with Gasteiger partial charge in [-0.05, 0) is 56.2 Å². The average Bonchev–Trinajstić information content (AvgIpc) is 3.06. The Balaban J connectivity index is 1.57. The number of aryl methyl sites for hydroxylation is 2. The molecule has 7 heteroatoms. The lowest BCUT2D eigenvalue weighted by Gasteiger charge is -2.12. The number of anilines is 1. The van der Waals surface area contributed by atoms with Crippen molar-refractivity contribution in [3.05, 3.63) is 63.5 Å². The highest BCUT2D eigenvalue weighted by atomic mass is 16.5. The molecule has 2 aromatic heterocycles. The van der Waals surface area contributed by atoms with Crippen molar-refractivity contribution < 1.29 is 13.9 Å². The maximum Gasteiger partial charge on any atom is 0.339 e. The van der Waals surface area contributed by atoms with Crippen molar-refractivity contribution in [3.8, 4) is 5.75 Å². The van der Waals surface area contributed by atoms with Gasteiger partial charge >= 0.3 is 5.63 Å². The van der Waals surface area contributed by atoms with Crippen LogP contribution in [0.3, 0.4) is 0 Å². The van der Waals surface area contributed by atoms with Gasteiger partial charge in [0.2, 0.25) is 5.95 Å². The Morgan fingerprint density at radius 1 is 1.18 bits per heavy atom. The van der Waals surface area contributed by atoms with E-state index in [1.807, 2.05) is 44.2 Å². The Kier molecular flexibility index (Phi) is 4.35. The number of aromatic amines is 1. The van der Waals surface area contributed by atoms with Crippen LogP contribution in [0.5, 0.6) is 5.75 Å². The number of hydrogen-bond acceptors (Lipinski definition) is 5. The number of hydrogen-bond donors (Lipinski definition) is 2. The second-order valence-electron chi connectivity index (χ2n) is 6.72. The van der Waals surface area contributed by atoms with Crippen molar-refractivity contribution in [1.82, 2.24) is 9.97 Å². The van der Waals surface area contributed by atoms with E-state index in [-0.39, 0.29) is 18.1 Å². The summed E-state index contributed by atoms with van der Waals surface area (Å²) in [6, 6.07) is 11.1. The molecule has 0 saturated carbocycles. The Labute approximate surface area is 160 Å². The molecule has 0 fully saturated rings. The number of para-hydroxylation sites is 2. The van der Waals surface area contributed by atoms with Crippen LogP contribution >= 0.6 is 0 Å². The number of amides is 1. The quantitative estimate of drug-likeness (QED) is 0.530. The molecule has 2 heterocycles. The molecule has 1 amide bonds. The molecule has 0 bridgehead atoms. The molecule has 0 aliphatic heterocycles. The first-order valence-electron chi connectivity index (χ1n) is 8.84. The number of carbonyl (C=O) groups excluding carboxylic acids is 1. The van der Waals surface area contributed by atoms with E-state index in [1.54, 1.807) is 13.0 Å². The topological polar surface area (TPSA) is 97.2 Å². The number of ether oxygens (including phenoxy) is 1. The summed E-state index contributed by atoms with van der Waals surface area (Å²) in [7, 11) is 0. The fourth-order valence-corrected chi connectivity index (χ4v) is 3.13. The predicted molar refractivity (Wildman–Crippen MR) is 107 cm³/mol. The van der Waals surface area contributed by atoms with Crippen molar-refractivity contribution in [1.29, 1.82) is 0 Å². The number of nitrogens with one attached hydrogen (secondary N) is 2. The van der Waals surface area contributed by atoms with Crippen molar-refractivity contribution in [2.75, 3.05) is 11.9 Å². The number of H-pyrrole nitrogens is 1. The van der Waals surface area contributed by atoms with E-state index in [1.165, 1.54) is 0 Å². The van der Waals surface area contributed by atoms with Crippen LogP contribution in [-0.4, -0.2) is 22.5 Å². The summed E-state index contributed by atoms with van der Waals surface area (Å²) in [5.74, 6) is 0.515. The molecule has 2 aromatic carbocycles. The van der Waals surface area contributed by atoms with Crippen LogP contribution in [0.2, 0.25) is 0 Å². The number of imidazole rings is 1. The van der Waals surface area contributed by atoms with Crippen molar-refractivity contribution in [3.63, 3.8) is 0 Å². The normalized spacial score (nSPS) is 11.1. The second-order valence-corrected chi connectivity index (χ2v) is 6.72.